The van der Waals surface area contributed by atoms with Crippen LogP contribution in [-0.4, -0.2) is 140 Å². The molecular weight excluding hydrogens is 930 g/mol. The van der Waals surface area contributed by atoms with Crippen molar-refractivity contribution in [3.63, 3.8) is 0 Å². The van der Waals surface area contributed by atoms with Crippen LogP contribution in [0, 0.1) is 23.0 Å². The number of carbonyl (C=O) groups is 7. The fourth-order valence-electron chi connectivity index (χ4n) is 8.29. The molecule has 1 fully saturated rings. The summed E-state index contributed by atoms with van der Waals surface area (Å²) in [5.41, 5.74) is -2.41. The van der Waals surface area contributed by atoms with Crippen molar-refractivity contribution in [2.75, 3.05) is 45.9 Å². The summed E-state index contributed by atoms with van der Waals surface area (Å²) in [5, 5.41) is 0. The lowest BCUT2D eigenvalue weighted by Crippen LogP contribution is -2.50. The van der Waals surface area contributed by atoms with Gasteiger partial charge in [0.25, 0.3) is 17.7 Å². The molecule has 0 bridgehead atoms. The summed E-state index contributed by atoms with van der Waals surface area (Å²) < 4.78 is 70.7. The summed E-state index contributed by atoms with van der Waals surface area (Å²) in [5.74, 6) is -5.76. The second-order valence-corrected chi connectivity index (χ2v) is 20.4. The molecule has 0 aliphatic carbocycles. The first-order chi connectivity index (χ1) is 33.1. The van der Waals surface area contributed by atoms with Gasteiger partial charge in [-0.1, -0.05) is 44.2 Å². The molecule has 3 aromatic rings. The molecule has 20 heteroatoms. The van der Waals surface area contributed by atoms with Crippen molar-refractivity contribution >= 4 is 41.8 Å². The molecule has 5 amide bonds. The van der Waals surface area contributed by atoms with E-state index in [0.717, 1.165) is 52.6 Å². The highest BCUT2D eigenvalue weighted by Gasteiger charge is 2.47. The number of nitrogens with zero attached hydrogens (tertiary/aromatic N) is 6. The Balaban J connectivity index is 1.58. The van der Waals surface area contributed by atoms with E-state index >= 15 is 8.78 Å². The number of benzene rings is 2. The molecule has 2 aliphatic heterocycles. The number of rotatable bonds is 19. The molecule has 4 atom stereocenters. The zero-order valence-electron chi connectivity index (χ0n) is 42.0. The average Bonchev–Trinajstić information content (AvgIpc) is 3.94. The molecule has 2 unspecified atom stereocenters. The van der Waals surface area contributed by atoms with Crippen LogP contribution in [-0.2, 0) is 49.5 Å². The summed E-state index contributed by atoms with van der Waals surface area (Å²) >= 11 is 0. The number of carbonyl (C=O) groups excluding carboxylic acids is 7. The molecule has 1 saturated heterocycles. The van der Waals surface area contributed by atoms with Gasteiger partial charge in [0.2, 0.25) is 0 Å². The lowest BCUT2D eigenvalue weighted by Gasteiger charge is -2.43. The van der Waals surface area contributed by atoms with Crippen molar-refractivity contribution in [1.82, 2.24) is 29.2 Å². The van der Waals surface area contributed by atoms with E-state index in [0.29, 0.717) is 0 Å². The largest absolute Gasteiger partial charge is 0.460 e. The SMILES string of the molecule is CC(=O)O[C@@H](C)C(=O)N(CC1CN(C(=O)OC(C)(C)C)CC1F)[C@@H](c1nc(-c2cc(F)ccc2F)cn1Cc1ccccc1)C(C)(C)CCOC(=O)N(CCC(=O)OC(C)(C)C)CCN1C(=O)C=CC1=O. The van der Waals surface area contributed by atoms with Crippen molar-refractivity contribution < 1.29 is 65.7 Å². The van der Waals surface area contributed by atoms with Crippen molar-refractivity contribution in [3.8, 4) is 11.3 Å². The van der Waals surface area contributed by atoms with Crippen LogP contribution in [0.4, 0.5) is 22.8 Å². The smallest absolute Gasteiger partial charge is 0.410 e. The minimum absolute atomic E-state index is 0.00766. The molecule has 386 valence electrons. The predicted octanol–water partition coefficient (Wildman–Crippen LogP) is 7.41. The quantitative estimate of drug-likeness (QED) is 0.0659. The number of hydrogen-bond donors (Lipinski definition) is 0. The maximum Gasteiger partial charge on any atom is 0.410 e. The van der Waals surface area contributed by atoms with Crippen LogP contribution < -0.4 is 0 Å². The van der Waals surface area contributed by atoms with Crippen LogP contribution in [0.3, 0.4) is 0 Å². The van der Waals surface area contributed by atoms with Crippen molar-refractivity contribution in [3.05, 3.63) is 89.9 Å². The second-order valence-electron chi connectivity index (χ2n) is 20.4. The lowest BCUT2D eigenvalue weighted by atomic mass is 9.79. The Morgan fingerprint density at radius 2 is 1.52 bits per heavy atom. The number of imidazole rings is 1. The highest BCUT2D eigenvalue weighted by molar-refractivity contribution is 6.12. The van der Waals surface area contributed by atoms with Crippen LogP contribution in [0.5, 0.6) is 0 Å². The van der Waals surface area contributed by atoms with Gasteiger partial charge in [0.15, 0.2) is 6.10 Å². The second kappa shape index (κ2) is 23.0. The van der Waals surface area contributed by atoms with Gasteiger partial charge in [-0.3, -0.25) is 28.9 Å². The molecule has 1 aromatic heterocycles. The fourth-order valence-corrected chi connectivity index (χ4v) is 8.29. The Morgan fingerprint density at radius 1 is 0.873 bits per heavy atom. The van der Waals surface area contributed by atoms with E-state index in [1.807, 2.05) is 18.2 Å². The molecule has 3 heterocycles. The Morgan fingerprint density at radius 3 is 2.14 bits per heavy atom. The van der Waals surface area contributed by atoms with Gasteiger partial charge in [0.1, 0.15) is 34.8 Å². The van der Waals surface area contributed by atoms with Gasteiger partial charge in [0, 0.05) is 76.0 Å². The molecule has 0 saturated carbocycles. The van der Waals surface area contributed by atoms with Gasteiger partial charge in [-0.2, -0.15) is 0 Å². The normalized spacial score (nSPS) is 17.0. The third-order valence-electron chi connectivity index (χ3n) is 11.7. The molecule has 0 spiro atoms. The summed E-state index contributed by atoms with van der Waals surface area (Å²) in [6, 6.07) is 10.7. The zero-order chi connectivity index (χ0) is 52.6. The Bertz CT molecular complexity index is 2450. The van der Waals surface area contributed by atoms with Gasteiger partial charge >= 0.3 is 24.1 Å². The van der Waals surface area contributed by atoms with E-state index in [1.165, 1.54) is 22.9 Å². The van der Waals surface area contributed by atoms with E-state index < -0.39 is 94.3 Å². The molecular formula is C51H65F3N6O11. The zero-order valence-corrected chi connectivity index (χ0v) is 42.0. The molecule has 2 aromatic carbocycles. The van der Waals surface area contributed by atoms with Crippen molar-refractivity contribution in [2.45, 2.75) is 118 Å². The van der Waals surface area contributed by atoms with Gasteiger partial charge in [0.05, 0.1) is 31.3 Å². The third-order valence-corrected chi connectivity index (χ3v) is 11.7. The van der Waals surface area contributed by atoms with Crippen LogP contribution >= 0.6 is 0 Å². The number of hydrogen-bond acceptors (Lipinski definition) is 12. The van der Waals surface area contributed by atoms with Gasteiger partial charge in [-0.25, -0.2) is 27.7 Å². The highest BCUT2D eigenvalue weighted by atomic mass is 19.1. The number of likely N-dealkylation sites (tertiary alicyclic amines) is 1. The van der Waals surface area contributed by atoms with Crippen LogP contribution in [0.2, 0.25) is 0 Å². The number of imide groups is 1. The Hall–Kier alpha value is -6.73. The Kier molecular flexibility index (Phi) is 17.9. The number of ether oxygens (including phenoxy) is 4. The Labute approximate surface area is 412 Å². The summed E-state index contributed by atoms with van der Waals surface area (Å²) in [6.07, 6.45) is -1.37. The molecule has 0 radical (unpaired) electrons. The van der Waals surface area contributed by atoms with Gasteiger partial charge in [-0.05, 0) is 84.1 Å². The van der Waals surface area contributed by atoms with E-state index in [-0.39, 0.29) is 82.3 Å². The van der Waals surface area contributed by atoms with Crippen molar-refractivity contribution in [2.24, 2.45) is 11.3 Å². The molecule has 2 aliphatic rings. The van der Waals surface area contributed by atoms with Crippen molar-refractivity contribution in [1.29, 1.82) is 0 Å². The minimum atomic E-state index is -1.67. The lowest BCUT2D eigenvalue weighted by molar-refractivity contribution is -0.161. The third kappa shape index (κ3) is 15.4. The topological polar surface area (TPSA) is 187 Å². The molecule has 17 nitrogen and oxygen atoms in total. The van der Waals surface area contributed by atoms with E-state index in [1.54, 1.807) is 72.1 Å². The number of alkyl halides is 1. The molecule has 71 heavy (non-hydrogen) atoms. The fraction of sp³-hybridized carbons (Fsp3) is 0.529. The van der Waals surface area contributed by atoms with Crippen LogP contribution in [0.15, 0.2) is 66.9 Å². The maximum absolute atomic E-state index is 16.4. The van der Waals surface area contributed by atoms with Gasteiger partial charge < -0.3 is 38.2 Å². The van der Waals surface area contributed by atoms with Crippen LogP contribution in [0.1, 0.15) is 99.5 Å². The van der Waals surface area contributed by atoms with Crippen LogP contribution in [0.25, 0.3) is 11.3 Å². The number of aromatic nitrogens is 2. The summed E-state index contributed by atoms with van der Waals surface area (Å²) in [6.45, 7) is 14.3. The average molecular weight is 995 g/mol. The van der Waals surface area contributed by atoms with E-state index in [2.05, 4.69) is 0 Å². The summed E-state index contributed by atoms with van der Waals surface area (Å²) in [7, 11) is 0. The highest BCUT2D eigenvalue weighted by Crippen LogP contribution is 2.44. The van der Waals surface area contributed by atoms with E-state index in [9.17, 15) is 38.0 Å². The monoisotopic (exact) mass is 994 g/mol. The first-order valence-electron chi connectivity index (χ1n) is 23.5. The first kappa shape index (κ1) is 55.2. The number of amides is 5. The van der Waals surface area contributed by atoms with Gasteiger partial charge in [-0.15, -0.1) is 0 Å². The number of esters is 2. The predicted molar refractivity (Wildman–Crippen MR) is 253 cm³/mol. The first-order valence-corrected chi connectivity index (χ1v) is 23.5. The summed E-state index contributed by atoms with van der Waals surface area (Å²) in [4.78, 5) is 102. The maximum atomic E-state index is 16.4. The standard InChI is InChI=1S/C51H65F3N6O11/c1-32(69-33(2)61)46(65)60(29-35-28-58(30-39(35)54)48(67)71-50(6,7)8)44(45-55-40(37-26-36(52)16-17-38(37)53)31-57(45)27-34-14-12-11-13-15-34)51(9,10)21-25-68-47(66)56(22-20-43(64)70-49(3,4)5)23-24-59-41(62)18-19-42(59)63/h11-19,26,31-32,35,39,44H,20-25,27-30H2,1-10H3/t32-,35?,39?,44-/m0/s1. The number of halogens is 3. The minimum Gasteiger partial charge on any atom is -0.460 e. The molecule has 0 N–H and O–H groups in total. The van der Waals surface area contributed by atoms with E-state index in [4.69, 9.17) is 23.9 Å². The molecule has 5 rings (SSSR count).